The molecule has 2 aliphatic heterocycles. The van der Waals surface area contributed by atoms with E-state index in [1.165, 1.54) is 37.4 Å². The van der Waals surface area contributed by atoms with E-state index in [2.05, 4.69) is 66.7 Å². The van der Waals surface area contributed by atoms with E-state index in [0.29, 0.717) is 23.7 Å². The number of piperazine rings is 1. The van der Waals surface area contributed by atoms with Crippen LogP contribution in [0.15, 0.2) is 66.7 Å². The van der Waals surface area contributed by atoms with Crippen molar-refractivity contribution in [3.8, 4) is 11.1 Å². The molecule has 230 valence electrons. The lowest BCUT2D eigenvalue weighted by Crippen LogP contribution is -2.48. The van der Waals surface area contributed by atoms with Gasteiger partial charge in [0, 0.05) is 82.2 Å². The van der Waals surface area contributed by atoms with E-state index in [1.807, 2.05) is 36.4 Å². The normalized spacial score (nSPS) is 20.4. The summed E-state index contributed by atoms with van der Waals surface area (Å²) in [5.41, 5.74) is 5.25. The van der Waals surface area contributed by atoms with Crippen LogP contribution in [0.1, 0.15) is 53.2 Å². The molecule has 2 saturated heterocycles. The summed E-state index contributed by atoms with van der Waals surface area (Å²) >= 11 is 0. The molecule has 0 aromatic heterocycles. The molecule has 3 aromatic carbocycles. The largest absolute Gasteiger partial charge is 0.348 e. The quantitative estimate of drug-likeness (QED) is 0.301. The highest BCUT2D eigenvalue weighted by atomic mass is 19.1. The van der Waals surface area contributed by atoms with Crippen molar-refractivity contribution in [2.45, 2.75) is 57.9 Å². The zero-order valence-corrected chi connectivity index (χ0v) is 26.4. The van der Waals surface area contributed by atoms with Crippen molar-refractivity contribution in [3.63, 3.8) is 0 Å². The number of amides is 1. The lowest BCUT2D eigenvalue weighted by molar-refractivity contribution is -0.902. The topological polar surface area (TPSA) is 47.6 Å². The number of rotatable bonds is 11. The van der Waals surface area contributed by atoms with Crippen LogP contribution in [0.2, 0.25) is 0 Å². The van der Waals surface area contributed by atoms with Crippen LogP contribution in [-0.2, 0) is 19.6 Å². The van der Waals surface area contributed by atoms with Gasteiger partial charge in [-0.1, -0.05) is 36.4 Å². The Morgan fingerprint density at radius 1 is 1.07 bits per heavy atom. The molecule has 2 N–H and O–H groups in total. The molecule has 2 fully saturated rings. The van der Waals surface area contributed by atoms with E-state index in [-0.39, 0.29) is 11.7 Å². The number of nitrogens with one attached hydrogen (secondary N) is 2. The SMILES string of the molecule is CC1CN(Cc2cccc(-c3cc(CNC(=O)c4cccc(CN(C)CCC5CCC[N+]5(C)C)c4)ccc3F)c2)CCN1. The molecule has 7 heteroatoms. The Morgan fingerprint density at radius 3 is 2.67 bits per heavy atom. The van der Waals surface area contributed by atoms with Crippen LogP contribution in [0, 0.1) is 5.82 Å². The Kier molecular flexibility index (Phi) is 10.3. The zero-order chi connectivity index (χ0) is 30.4. The van der Waals surface area contributed by atoms with Crippen molar-refractivity contribution in [3.05, 3.63) is 94.8 Å². The van der Waals surface area contributed by atoms with Crippen LogP contribution in [0.3, 0.4) is 0 Å². The number of hydrogen-bond donors (Lipinski definition) is 2. The number of carbonyl (C=O) groups excluding carboxylic acids is 1. The standard InChI is InChI=1S/C36H48FN5O/c1-27-24-41(18-16-38-27)26-30-9-5-10-31(20-30)34-22-28(13-14-35(34)37)23-39-36(43)32-11-6-8-29(21-32)25-40(2)17-15-33-12-7-19-42(33,3)4/h5-6,8-11,13-14,20-22,27,33,38H,7,12,15-19,23-26H2,1-4H3/p+1. The van der Waals surface area contributed by atoms with Crippen molar-refractivity contribution < 1.29 is 13.7 Å². The molecule has 2 unspecified atom stereocenters. The Balaban J connectivity index is 1.17. The zero-order valence-electron chi connectivity index (χ0n) is 26.4. The summed E-state index contributed by atoms with van der Waals surface area (Å²) in [6.07, 6.45) is 3.83. The molecule has 43 heavy (non-hydrogen) atoms. The predicted molar refractivity (Wildman–Crippen MR) is 173 cm³/mol. The first kappa shape index (κ1) is 31.3. The minimum atomic E-state index is -0.254. The highest BCUT2D eigenvalue weighted by molar-refractivity contribution is 5.94. The molecule has 0 spiro atoms. The second-order valence-corrected chi connectivity index (χ2v) is 13.3. The van der Waals surface area contributed by atoms with E-state index >= 15 is 0 Å². The minimum Gasteiger partial charge on any atom is -0.348 e. The molecule has 5 rings (SSSR count). The Morgan fingerprint density at radius 2 is 1.88 bits per heavy atom. The summed E-state index contributed by atoms with van der Waals surface area (Å²) in [4.78, 5) is 17.9. The van der Waals surface area contributed by atoms with E-state index in [0.717, 1.165) is 66.5 Å². The van der Waals surface area contributed by atoms with Crippen LogP contribution in [0.4, 0.5) is 4.39 Å². The van der Waals surface area contributed by atoms with Gasteiger partial charge in [-0.15, -0.1) is 0 Å². The average Bonchev–Trinajstić information content (AvgIpc) is 3.33. The number of likely N-dealkylation sites (tertiary alicyclic amines) is 1. The summed E-state index contributed by atoms with van der Waals surface area (Å²) in [6.45, 7) is 9.53. The molecule has 0 saturated carbocycles. The van der Waals surface area contributed by atoms with Gasteiger partial charge in [0.1, 0.15) is 5.82 Å². The summed E-state index contributed by atoms with van der Waals surface area (Å²) in [5, 5.41) is 6.53. The van der Waals surface area contributed by atoms with Crippen molar-refractivity contribution in [2.75, 3.05) is 53.9 Å². The van der Waals surface area contributed by atoms with Gasteiger partial charge in [-0.2, -0.15) is 0 Å². The Bertz CT molecular complexity index is 1390. The molecular weight excluding hydrogens is 537 g/mol. The second kappa shape index (κ2) is 14.1. The molecule has 2 aliphatic rings. The third-order valence-electron chi connectivity index (χ3n) is 9.33. The van der Waals surface area contributed by atoms with Gasteiger partial charge >= 0.3 is 0 Å². The maximum Gasteiger partial charge on any atom is 0.251 e. The third-order valence-corrected chi connectivity index (χ3v) is 9.33. The maximum atomic E-state index is 15.0. The average molecular weight is 587 g/mol. The van der Waals surface area contributed by atoms with E-state index < -0.39 is 0 Å². The molecule has 0 aliphatic carbocycles. The molecular formula is C36H49FN5O+. The van der Waals surface area contributed by atoms with Gasteiger partial charge in [0.05, 0.1) is 26.7 Å². The number of nitrogens with zero attached hydrogens (tertiary/aromatic N) is 3. The number of halogens is 1. The second-order valence-electron chi connectivity index (χ2n) is 13.3. The van der Waals surface area contributed by atoms with E-state index in [1.54, 1.807) is 6.07 Å². The number of hydrogen-bond acceptors (Lipinski definition) is 4. The highest BCUT2D eigenvalue weighted by Gasteiger charge is 2.33. The molecule has 6 nitrogen and oxygen atoms in total. The Labute approximate surface area is 257 Å². The van der Waals surface area contributed by atoms with Gasteiger partial charge in [0.15, 0.2) is 0 Å². The molecule has 0 radical (unpaired) electrons. The van der Waals surface area contributed by atoms with Crippen LogP contribution in [-0.4, -0.2) is 86.1 Å². The fourth-order valence-corrected chi connectivity index (χ4v) is 6.77. The van der Waals surface area contributed by atoms with Gasteiger partial charge in [-0.05, 0) is 66.6 Å². The highest BCUT2D eigenvalue weighted by Crippen LogP contribution is 2.27. The van der Waals surface area contributed by atoms with Crippen molar-refractivity contribution in [1.29, 1.82) is 0 Å². The lowest BCUT2D eigenvalue weighted by atomic mass is 10.00. The van der Waals surface area contributed by atoms with E-state index in [4.69, 9.17) is 0 Å². The monoisotopic (exact) mass is 586 g/mol. The van der Waals surface area contributed by atoms with Crippen LogP contribution in [0.25, 0.3) is 11.1 Å². The van der Waals surface area contributed by atoms with Crippen LogP contribution >= 0.6 is 0 Å². The summed E-state index contributed by atoms with van der Waals surface area (Å²) in [5.74, 6) is -0.372. The number of benzene rings is 3. The fraction of sp³-hybridized carbons (Fsp3) is 0.472. The number of quaternary nitrogens is 1. The van der Waals surface area contributed by atoms with Gasteiger partial charge in [-0.25, -0.2) is 4.39 Å². The van der Waals surface area contributed by atoms with Gasteiger partial charge in [0.2, 0.25) is 0 Å². The summed E-state index contributed by atoms with van der Waals surface area (Å²) < 4.78 is 16.1. The van der Waals surface area contributed by atoms with Crippen LogP contribution < -0.4 is 10.6 Å². The molecule has 2 atom stereocenters. The van der Waals surface area contributed by atoms with Crippen molar-refractivity contribution >= 4 is 5.91 Å². The molecule has 3 aromatic rings. The smallest absolute Gasteiger partial charge is 0.251 e. The van der Waals surface area contributed by atoms with Gasteiger partial charge in [0.25, 0.3) is 5.91 Å². The first-order valence-electron chi connectivity index (χ1n) is 15.9. The third kappa shape index (κ3) is 8.51. The maximum absolute atomic E-state index is 15.0. The molecule has 1 amide bonds. The van der Waals surface area contributed by atoms with Gasteiger partial charge in [-0.3, -0.25) is 9.69 Å². The fourth-order valence-electron chi connectivity index (χ4n) is 6.77. The lowest BCUT2D eigenvalue weighted by Gasteiger charge is -2.32. The number of carbonyl (C=O) groups is 1. The summed E-state index contributed by atoms with van der Waals surface area (Å²) in [6, 6.07) is 22.4. The van der Waals surface area contributed by atoms with E-state index in [9.17, 15) is 9.18 Å². The molecule has 2 heterocycles. The molecule has 0 bridgehead atoms. The van der Waals surface area contributed by atoms with Gasteiger partial charge < -0.3 is 20.0 Å². The van der Waals surface area contributed by atoms with Crippen LogP contribution in [0.5, 0.6) is 0 Å². The predicted octanol–water partition coefficient (Wildman–Crippen LogP) is 5.28. The minimum absolute atomic E-state index is 0.118. The van der Waals surface area contributed by atoms with Crippen molar-refractivity contribution in [2.24, 2.45) is 0 Å². The Hall–Kier alpha value is -3.10. The summed E-state index contributed by atoms with van der Waals surface area (Å²) in [7, 11) is 6.86. The first-order valence-corrected chi connectivity index (χ1v) is 15.9. The first-order chi connectivity index (χ1) is 20.7. The van der Waals surface area contributed by atoms with Crippen molar-refractivity contribution in [1.82, 2.24) is 20.4 Å².